The average Bonchev–Trinajstić information content (AvgIpc) is 2.58. The van der Waals surface area contributed by atoms with Crippen LogP contribution in [0.5, 0.6) is 0 Å². The Balaban J connectivity index is 3.69. The van der Waals surface area contributed by atoms with Gasteiger partial charge in [0, 0.05) is 23.4 Å². The third-order valence-electron chi connectivity index (χ3n) is 3.65. The Morgan fingerprint density at radius 1 is 1.26 bits per heavy atom. The topological polar surface area (TPSA) is 3.24 Å². The minimum Gasteiger partial charge on any atom is -0.341 e. The van der Waals surface area contributed by atoms with Gasteiger partial charge in [0.2, 0.25) is 0 Å². The highest BCUT2D eigenvalue weighted by Crippen LogP contribution is 2.35. The van der Waals surface area contributed by atoms with Crippen LogP contribution in [0.2, 0.25) is 0 Å². The van der Waals surface area contributed by atoms with Crippen molar-refractivity contribution in [3.63, 3.8) is 0 Å². The van der Waals surface area contributed by atoms with Crippen LogP contribution in [-0.4, -0.2) is 11.4 Å². The average molecular weight is 311 g/mol. The lowest BCUT2D eigenvalue weighted by molar-refractivity contribution is 0.459. The summed E-state index contributed by atoms with van der Waals surface area (Å²) < 4.78 is 14.3. The van der Waals surface area contributed by atoms with Crippen molar-refractivity contribution in [2.75, 3.05) is 6.54 Å². The summed E-state index contributed by atoms with van der Waals surface area (Å²) in [4.78, 5) is 2.08. The minimum absolute atomic E-state index is 0.305. The lowest BCUT2D eigenvalue weighted by Crippen LogP contribution is -2.26. The molecule has 1 rings (SSSR count). The zero-order chi connectivity index (χ0) is 17.4. The van der Waals surface area contributed by atoms with Gasteiger partial charge < -0.3 is 4.90 Å². The van der Waals surface area contributed by atoms with E-state index in [0.717, 1.165) is 29.1 Å². The van der Waals surface area contributed by atoms with Gasteiger partial charge in [0.25, 0.3) is 0 Å². The monoisotopic (exact) mass is 311 g/mol. The fraction of sp³-hybridized carbons (Fsp3) is 0.238. The summed E-state index contributed by atoms with van der Waals surface area (Å²) in [5.41, 5.74) is 4.15. The van der Waals surface area contributed by atoms with Gasteiger partial charge in [-0.3, -0.25) is 0 Å². The Labute approximate surface area is 139 Å². The molecule has 0 aliphatic carbocycles. The lowest BCUT2D eigenvalue weighted by Gasteiger charge is -2.33. The molecule has 2 heteroatoms. The zero-order valence-electron chi connectivity index (χ0n) is 14.6. The normalized spacial score (nSPS) is 18.3. The number of halogens is 1. The van der Waals surface area contributed by atoms with Crippen LogP contribution >= 0.6 is 0 Å². The summed E-state index contributed by atoms with van der Waals surface area (Å²) in [7, 11) is 0. The Kier molecular flexibility index (Phi) is 7.27. The highest BCUT2D eigenvalue weighted by Gasteiger charge is 2.24. The van der Waals surface area contributed by atoms with Crippen molar-refractivity contribution in [1.29, 1.82) is 0 Å². The van der Waals surface area contributed by atoms with Gasteiger partial charge in [0.05, 0.1) is 5.70 Å². The lowest BCUT2D eigenvalue weighted by atomic mass is 9.93. The van der Waals surface area contributed by atoms with Gasteiger partial charge >= 0.3 is 0 Å². The summed E-state index contributed by atoms with van der Waals surface area (Å²) in [6.45, 7) is 16.2. The van der Waals surface area contributed by atoms with E-state index in [2.05, 4.69) is 18.1 Å². The summed E-state index contributed by atoms with van der Waals surface area (Å²) in [6.07, 6.45) is 15.1. The van der Waals surface area contributed by atoms with Crippen LogP contribution in [0.25, 0.3) is 0 Å². The Morgan fingerprint density at radius 3 is 2.43 bits per heavy atom. The fourth-order valence-corrected chi connectivity index (χ4v) is 2.59. The van der Waals surface area contributed by atoms with Crippen LogP contribution in [0, 0.1) is 0 Å². The molecule has 0 aromatic rings. The van der Waals surface area contributed by atoms with E-state index in [1.54, 1.807) is 13.0 Å². The van der Waals surface area contributed by atoms with Gasteiger partial charge in [-0.2, -0.15) is 0 Å². The van der Waals surface area contributed by atoms with Crippen molar-refractivity contribution in [1.82, 2.24) is 4.90 Å². The molecule has 1 aliphatic heterocycles. The first kappa shape index (κ1) is 18.7. The van der Waals surface area contributed by atoms with Crippen molar-refractivity contribution in [2.24, 2.45) is 0 Å². The molecule has 0 unspecified atom stereocenters. The van der Waals surface area contributed by atoms with Crippen molar-refractivity contribution in [3.05, 3.63) is 95.7 Å². The van der Waals surface area contributed by atoms with Crippen molar-refractivity contribution >= 4 is 0 Å². The molecule has 1 nitrogen and oxygen atoms in total. The molecule has 0 saturated heterocycles. The van der Waals surface area contributed by atoms with Crippen molar-refractivity contribution in [2.45, 2.75) is 27.7 Å². The van der Waals surface area contributed by atoms with E-state index in [1.165, 1.54) is 6.08 Å². The molecule has 0 aromatic carbocycles. The fourth-order valence-electron chi connectivity index (χ4n) is 2.59. The van der Waals surface area contributed by atoms with Crippen molar-refractivity contribution < 1.29 is 4.39 Å². The molecule has 23 heavy (non-hydrogen) atoms. The van der Waals surface area contributed by atoms with E-state index in [4.69, 9.17) is 0 Å². The number of likely N-dealkylation sites (N-methyl/N-ethyl adjacent to an activating group) is 1. The molecular weight excluding hydrogens is 285 g/mol. The van der Waals surface area contributed by atoms with Gasteiger partial charge in [-0.1, -0.05) is 55.7 Å². The molecule has 0 N–H and O–H groups in total. The van der Waals surface area contributed by atoms with Crippen molar-refractivity contribution in [3.8, 4) is 0 Å². The predicted octanol–water partition coefficient (Wildman–Crippen LogP) is 6.15. The molecular formula is C21H26FN. The first-order valence-corrected chi connectivity index (χ1v) is 7.89. The van der Waals surface area contributed by atoms with Crippen LogP contribution in [0.4, 0.5) is 4.39 Å². The molecule has 0 saturated carbocycles. The zero-order valence-corrected chi connectivity index (χ0v) is 14.6. The SMILES string of the molecule is C=C/C=C(\C=C/C)C1=C(C(=C)/C(F)=C\C)N(CC)/C(=C/C)C=C1. The van der Waals surface area contributed by atoms with Crippen LogP contribution < -0.4 is 0 Å². The smallest absolute Gasteiger partial charge is 0.127 e. The summed E-state index contributed by atoms with van der Waals surface area (Å²) in [5, 5.41) is 0. The molecule has 0 fully saturated rings. The summed E-state index contributed by atoms with van der Waals surface area (Å²) >= 11 is 0. The van der Waals surface area contributed by atoms with Gasteiger partial charge in [-0.05, 0) is 39.3 Å². The van der Waals surface area contributed by atoms with Crippen LogP contribution in [0.1, 0.15) is 27.7 Å². The Morgan fingerprint density at radius 2 is 1.96 bits per heavy atom. The van der Waals surface area contributed by atoms with E-state index in [9.17, 15) is 4.39 Å². The molecule has 0 bridgehead atoms. The molecule has 0 atom stereocenters. The summed E-state index contributed by atoms with van der Waals surface area (Å²) in [6, 6.07) is 0. The molecule has 0 radical (unpaired) electrons. The molecule has 1 aliphatic rings. The molecule has 122 valence electrons. The maximum atomic E-state index is 14.3. The highest BCUT2D eigenvalue weighted by molar-refractivity contribution is 5.61. The Bertz CT molecular complexity index is 651. The standard InChI is InChI=1S/C21H26FN/c1-7-12-17(13-8-2)19-15-14-18(9-3)23(11-5)21(19)16(6)20(22)10-4/h7-10,12-15H,1,6,11H2,2-5H3/b13-8-,17-12+,18-9+,20-10+. The first-order valence-electron chi connectivity index (χ1n) is 7.89. The number of allylic oxidation sites excluding steroid dienone is 11. The first-order chi connectivity index (χ1) is 11.0. The second-order valence-corrected chi connectivity index (χ2v) is 5.03. The van der Waals surface area contributed by atoms with Gasteiger partial charge in [0.15, 0.2) is 0 Å². The highest BCUT2D eigenvalue weighted by atomic mass is 19.1. The van der Waals surface area contributed by atoms with Crippen LogP contribution in [0.15, 0.2) is 95.7 Å². The van der Waals surface area contributed by atoms with E-state index in [0.29, 0.717) is 5.57 Å². The quantitative estimate of drug-likeness (QED) is 0.531. The maximum Gasteiger partial charge on any atom is 0.127 e. The number of nitrogens with zero attached hydrogens (tertiary/aromatic N) is 1. The van der Waals surface area contributed by atoms with E-state index < -0.39 is 0 Å². The molecule has 0 aromatic heterocycles. The summed E-state index contributed by atoms with van der Waals surface area (Å²) in [5.74, 6) is -0.305. The van der Waals surface area contributed by atoms with E-state index in [1.807, 2.05) is 57.2 Å². The Hall–Kier alpha value is -2.35. The van der Waals surface area contributed by atoms with Gasteiger partial charge in [-0.15, -0.1) is 0 Å². The number of hydrogen-bond acceptors (Lipinski definition) is 1. The third kappa shape index (κ3) is 4.10. The molecule has 0 amide bonds. The third-order valence-corrected chi connectivity index (χ3v) is 3.65. The van der Waals surface area contributed by atoms with Gasteiger partial charge in [0.1, 0.15) is 5.83 Å². The van der Waals surface area contributed by atoms with E-state index in [-0.39, 0.29) is 5.83 Å². The van der Waals surface area contributed by atoms with Gasteiger partial charge in [-0.25, -0.2) is 4.39 Å². The van der Waals surface area contributed by atoms with Crippen LogP contribution in [-0.2, 0) is 0 Å². The largest absolute Gasteiger partial charge is 0.341 e. The number of rotatable bonds is 6. The molecule has 0 spiro atoms. The maximum absolute atomic E-state index is 14.3. The number of hydrogen-bond donors (Lipinski definition) is 0. The molecule has 1 heterocycles. The van der Waals surface area contributed by atoms with Crippen LogP contribution in [0.3, 0.4) is 0 Å². The second kappa shape index (κ2) is 8.94. The second-order valence-electron chi connectivity index (χ2n) is 5.03. The predicted molar refractivity (Wildman–Crippen MR) is 99.4 cm³/mol. The minimum atomic E-state index is -0.305. The van der Waals surface area contributed by atoms with E-state index >= 15 is 0 Å².